The molecular weight excluding hydrogens is 222 g/mol. The minimum atomic E-state index is -1.46. The maximum Gasteiger partial charge on any atom is 0.337 e. The molecule has 1 aliphatic rings. The maximum atomic E-state index is 10.7. The molecule has 92 valence electrons. The number of nitrogens with zero attached hydrogens (tertiary/aromatic N) is 1. The average molecular weight is 237 g/mol. The van der Waals surface area contributed by atoms with Crippen molar-refractivity contribution in [2.45, 2.75) is 6.10 Å². The lowest BCUT2D eigenvalue weighted by molar-refractivity contribution is -0.146. The van der Waals surface area contributed by atoms with Crippen molar-refractivity contribution in [1.82, 2.24) is 0 Å². The standard InChI is InChI=1S/C12H15NO4/c14-11(12(15)16)9-2-1-3-10(8-9)13-4-6-17-7-5-13/h1-3,8,11,14H,4-7H2,(H,15,16). The maximum absolute atomic E-state index is 10.7. The van der Waals surface area contributed by atoms with Crippen LogP contribution in [0, 0.1) is 0 Å². The lowest BCUT2D eigenvalue weighted by Crippen LogP contribution is -2.36. The van der Waals surface area contributed by atoms with Crippen LogP contribution in [0.5, 0.6) is 0 Å². The van der Waals surface area contributed by atoms with Crippen molar-refractivity contribution in [3.8, 4) is 0 Å². The second kappa shape index (κ2) is 5.16. The number of aliphatic hydroxyl groups is 1. The van der Waals surface area contributed by atoms with Crippen LogP contribution in [0.25, 0.3) is 0 Å². The molecular formula is C12H15NO4. The summed E-state index contributed by atoms with van der Waals surface area (Å²) in [6.07, 6.45) is -1.46. The molecule has 17 heavy (non-hydrogen) atoms. The Balaban J connectivity index is 2.18. The number of benzene rings is 1. The lowest BCUT2D eigenvalue weighted by atomic mass is 10.1. The highest BCUT2D eigenvalue weighted by atomic mass is 16.5. The van der Waals surface area contributed by atoms with Crippen molar-refractivity contribution < 1.29 is 19.7 Å². The van der Waals surface area contributed by atoms with Crippen LogP contribution < -0.4 is 4.90 Å². The van der Waals surface area contributed by atoms with E-state index in [1.54, 1.807) is 18.2 Å². The van der Waals surface area contributed by atoms with E-state index in [2.05, 4.69) is 4.90 Å². The van der Waals surface area contributed by atoms with E-state index in [1.807, 2.05) is 6.07 Å². The summed E-state index contributed by atoms with van der Waals surface area (Å²) in [5.74, 6) is -1.23. The van der Waals surface area contributed by atoms with Gasteiger partial charge in [0.1, 0.15) is 0 Å². The van der Waals surface area contributed by atoms with E-state index in [0.29, 0.717) is 18.8 Å². The van der Waals surface area contributed by atoms with Crippen LogP contribution >= 0.6 is 0 Å². The number of hydrogen-bond donors (Lipinski definition) is 2. The third-order valence-corrected chi connectivity index (χ3v) is 2.80. The molecule has 1 unspecified atom stereocenters. The van der Waals surface area contributed by atoms with Gasteiger partial charge in [0.15, 0.2) is 6.10 Å². The molecule has 1 aromatic rings. The number of anilines is 1. The number of hydrogen-bond acceptors (Lipinski definition) is 4. The van der Waals surface area contributed by atoms with Crippen LogP contribution in [0.4, 0.5) is 5.69 Å². The number of carbonyl (C=O) groups is 1. The fourth-order valence-electron chi connectivity index (χ4n) is 1.86. The molecule has 1 aromatic carbocycles. The Labute approximate surface area is 99.2 Å². The second-order valence-electron chi connectivity index (χ2n) is 3.94. The van der Waals surface area contributed by atoms with Crippen LogP contribution in [0.15, 0.2) is 24.3 Å². The lowest BCUT2D eigenvalue weighted by Gasteiger charge is -2.29. The van der Waals surface area contributed by atoms with E-state index in [1.165, 1.54) is 0 Å². The Kier molecular flexibility index (Phi) is 3.61. The molecule has 2 N–H and O–H groups in total. The number of ether oxygens (including phenoxy) is 1. The number of rotatable bonds is 3. The molecule has 0 bridgehead atoms. The van der Waals surface area contributed by atoms with Gasteiger partial charge in [-0.25, -0.2) is 4.79 Å². The smallest absolute Gasteiger partial charge is 0.337 e. The van der Waals surface area contributed by atoms with Gasteiger partial charge in [0.25, 0.3) is 0 Å². The number of carboxylic acid groups (broad SMARTS) is 1. The quantitative estimate of drug-likeness (QED) is 0.807. The summed E-state index contributed by atoms with van der Waals surface area (Å²) in [6.45, 7) is 2.91. The highest BCUT2D eigenvalue weighted by molar-refractivity contribution is 5.74. The van der Waals surface area contributed by atoms with Gasteiger partial charge in [0.05, 0.1) is 13.2 Å². The molecule has 1 aliphatic heterocycles. The third kappa shape index (κ3) is 2.75. The number of aliphatic carboxylic acids is 1. The minimum Gasteiger partial charge on any atom is -0.479 e. The minimum absolute atomic E-state index is 0.404. The summed E-state index contributed by atoms with van der Waals surface area (Å²) in [4.78, 5) is 12.8. The molecule has 0 aromatic heterocycles. The van der Waals surface area contributed by atoms with Crippen molar-refractivity contribution in [2.75, 3.05) is 31.2 Å². The van der Waals surface area contributed by atoms with Crippen LogP contribution in [-0.2, 0) is 9.53 Å². The van der Waals surface area contributed by atoms with E-state index >= 15 is 0 Å². The summed E-state index contributed by atoms with van der Waals surface area (Å²) in [5.41, 5.74) is 1.33. The van der Waals surface area contributed by atoms with Gasteiger partial charge in [0.2, 0.25) is 0 Å². The zero-order chi connectivity index (χ0) is 12.3. The van der Waals surface area contributed by atoms with Crippen LogP contribution in [0.1, 0.15) is 11.7 Å². The predicted molar refractivity (Wildman–Crippen MR) is 62.1 cm³/mol. The summed E-state index contributed by atoms with van der Waals surface area (Å²) >= 11 is 0. The first-order valence-corrected chi connectivity index (χ1v) is 5.52. The molecule has 1 heterocycles. The van der Waals surface area contributed by atoms with Gasteiger partial charge >= 0.3 is 5.97 Å². The average Bonchev–Trinajstić information content (AvgIpc) is 2.39. The molecule has 2 rings (SSSR count). The van der Waals surface area contributed by atoms with Crippen molar-refractivity contribution in [3.05, 3.63) is 29.8 Å². The predicted octanol–water partition coefficient (Wildman–Crippen LogP) is 0.641. The summed E-state index contributed by atoms with van der Waals surface area (Å²) in [5, 5.41) is 18.2. The normalized spacial score (nSPS) is 17.8. The Bertz CT molecular complexity index is 401. The summed E-state index contributed by atoms with van der Waals surface area (Å²) in [6, 6.07) is 6.99. The molecule has 5 heteroatoms. The molecule has 5 nitrogen and oxygen atoms in total. The Morgan fingerprint density at radius 1 is 1.35 bits per heavy atom. The van der Waals surface area contributed by atoms with Gasteiger partial charge in [-0.2, -0.15) is 0 Å². The van der Waals surface area contributed by atoms with Crippen molar-refractivity contribution in [3.63, 3.8) is 0 Å². The number of morpholine rings is 1. The first kappa shape index (κ1) is 11.9. The molecule has 0 spiro atoms. The molecule has 1 atom stereocenters. The molecule has 1 fully saturated rings. The Morgan fingerprint density at radius 3 is 2.71 bits per heavy atom. The zero-order valence-electron chi connectivity index (χ0n) is 9.37. The van der Waals surface area contributed by atoms with Gasteiger partial charge in [-0.05, 0) is 17.7 Å². The largest absolute Gasteiger partial charge is 0.479 e. The topological polar surface area (TPSA) is 70.0 Å². The Hall–Kier alpha value is -1.59. The van der Waals surface area contributed by atoms with E-state index in [4.69, 9.17) is 9.84 Å². The van der Waals surface area contributed by atoms with Crippen LogP contribution in [-0.4, -0.2) is 42.5 Å². The van der Waals surface area contributed by atoms with Crippen LogP contribution in [0.2, 0.25) is 0 Å². The fourth-order valence-corrected chi connectivity index (χ4v) is 1.86. The highest BCUT2D eigenvalue weighted by Crippen LogP contribution is 2.21. The molecule has 0 saturated carbocycles. The molecule has 1 saturated heterocycles. The molecule has 0 aliphatic carbocycles. The monoisotopic (exact) mass is 237 g/mol. The van der Waals surface area contributed by atoms with E-state index in [-0.39, 0.29) is 0 Å². The SMILES string of the molecule is O=C(O)C(O)c1cccc(N2CCOCC2)c1. The highest BCUT2D eigenvalue weighted by Gasteiger charge is 2.18. The summed E-state index contributed by atoms with van der Waals surface area (Å²) in [7, 11) is 0. The van der Waals surface area contributed by atoms with Crippen molar-refractivity contribution >= 4 is 11.7 Å². The molecule has 0 amide bonds. The van der Waals surface area contributed by atoms with E-state index < -0.39 is 12.1 Å². The summed E-state index contributed by atoms with van der Waals surface area (Å²) < 4.78 is 5.25. The van der Waals surface area contributed by atoms with Gasteiger partial charge in [-0.1, -0.05) is 12.1 Å². The van der Waals surface area contributed by atoms with E-state index in [0.717, 1.165) is 18.8 Å². The van der Waals surface area contributed by atoms with Crippen molar-refractivity contribution in [1.29, 1.82) is 0 Å². The number of carboxylic acids is 1. The molecule has 0 radical (unpaired) electrons. The van der Waals surface area contributed by atoms with Gasteiger partial charge in [-0.15, -0.1) is 0 Å². The number of aliphatic hydroxyl groups excluding tert-OH is 1. The first-order chi connectivity index (χ1) is 8.18. The van der Waals surface area contributed by atoms with Crippen LogP contribution in [0.3, 0.4) is 0 Å². The first-order valence-electron chi connectivity index (χ1n) is 5.52. The fraction of sp³-hybridized carbons (Fsp3) is 0.417. The second-order valence-corrected chi connectivity index (χ2v) is 3.94. The van der Waals surface area contributed by atoms with Gasteiger partial charge in [0, 0.05) is 18.8 Å². The van der Waals surface area contributed by atoms with E-state index in [9.17, 15) is 9.90 Å². The van der Waals surface area contributed by atoms with Crippen molar-refractivity contribution in [2.24, 2.45) is 0 Å². The Morgan fingerprint density at radius 2 is 2.06 bits per heavy atom. The zero-order valence-corrected chi connectivity index (χ0v) is 9.37. The van der Waals surface area contributed by atoms with Gasteiger partial charge < -0.3 is 19.8 Å². The van der Waals surface area contributed by atoms with Gasteiger partial charge in [-0.3, -0.25) is 0 Å². The third-order valence-electron chi connectivity index (χ3n) is 2.80.